The number of aromatic amines is 1. The Morgan fingerprint density at radius 3 is 2.71 bits per heavy atom. The van der Waals surface area contributed by atoms with Crippen molar-refractivity contribution in [1.82, 2.24) is 19.1 Å². The predicted molar refractivity (Wildman–Crippen MR) is 129 cm³/mol. The third-order valence-corrected chi connectivity index (χ3v) is 5.17. The van der Waals surface area contributed by atoms with E-state index in [0.717, 1.165) is 11.3 Å². The number of aryl methyl sites for hydroxylation is 3. The Morgan fingerprint density at radius 2 is 2.03 bits per heavy atom. The molecule has 35 heavy (non-hydrogen) atoms. The number of allylic oxidation sites excluding steroid dienone is 1. The van der Waals surface area contributed by atoms with Crippen molar-refractivity contribution in [3.8, 4) is 5.75 Å². The number of imidazole rings is 1. The Kier molecular flexibility index (Phi) is 6.57. The number of nitrogens with zero attached hydrogens (tertiary/aromatic N) is 5. The molecule has 0 aliphatic carbocycles. The number of furan rings is 1. The second-order valence-electron chi connectivity index (χ2n) is 7.36. The summed E-state index contributed by atoms with van der Waals surface area (Å²) in [5.41, 5.74) is 3.11. The van der Waals surface area contributed by atoms with Gasteiger partial charge in [0.25, 0.3) is 5.56 Å². The van der Waals surface area contributed by atoms with Crippen molar-refractivity contribution in [3.63, 3.8) is 0 Å². The molecule has 0 atom stereocenters. The van der Waals surface area contributed by atoms with Crippen molar-refractivity contribution in [2.45, 2.75) is 13.0 Å². The number of benzene rings is 1. The molecule has 13 nitrogen and oxygen atoms in total. The minimum absolute atomic E-state index is 0.213. The van der Waals surface area contributed by atoms with Gasteiger partial charge in [0.05, 0.1) is 13.2 Å². The molecule has 0 saturated heterocycles. The monoisotopic (exact) mass is 479 g/mol. The van der Waals surface area contributed by atoms with Crippen LogP contribution in [0.25, 0.3) is 17.2 Å². The predicted octanol–water partition coefficient (Wildman–Crippen LogP) is 2.29. The van der Waals surface area contributed by atoms with E-state index in [1.165, 1.54) is 42.1 Å². The van der Waals surface area contributed by atoms with Crippen LogP contribution < -0.4 is 21.4 Å². The Balaban J connectivity index is 1.58. The average Bonchev–Trinajstić information content (AvgIpc) is 3.47. The minimum atomic E-state index is -0.627. The highest BCUT2D eigenvalue weighted by molar-refractivity contribution is 5.79. The summed E-state index contributed by atoms with van der Waals surface area (Å²) in [6, 6.07) is 10.3. The zero-order valence-corrected chi connectivity index (χ0v) is 18.8. The first-order valence-electron chi connectivity index (χ1n) is 10.4. The lowest BCUT2D eigenvalue weighted by Crippen LogP contribution is -2.29. The molecule has 0 fully saturated rings. The standard InChI is InChI=1S/C22H21N7O6/c1-27-19-18(20(30)25-22(27)31)28(13-11-14-5-7-15(34-2)8-6-14)21(24-19)26-23-12-3-4-16-9-10-17(35-16)29(32)33/h3-10,12H,11,13H2,1-2H3,(H,24,26)(H,25,30,31). The van der Waals surface area contributed by atoms with Crippen LogP contribution in [0.3, 0.4) is 0 Å². The fourth-order valence-corrected chi connectivity index (χ4v) is 3.38. The second kappa shape index (κ2) is 9.91. The van der Waals surface area contributed by atoms with Gasteiger partial charge in [-0.25, -0.2) is 10.2 Å². The number of nitrogens with one attached hydrogen (secondary N) is 2. The highest BCUT2D eigenvalue weighted by atomic mass is 16.6. The average molecular weight is 479 g/mol. The summed E-state index contributed by atoms with van der Waals surface area (Å²) >= 11 is 0. The summed E-state index contributed by atoms with van der Waals surface area (Å²) in [5, 5.41) is 14.8. The molecule has 2 N–H and O–H groups in total. The SMILES string of the molecule is COc1ccc(CCn2c(NN=CC=Cc3ccc([N+](=O)[O-])o3)nc3c2c(=O)[nH]c(=O)n3C)cc1. The lowest BCUT2D eigenvalue weighted by molar-refractivity contribution is -0.402. The molecule has 0 radical (unpaired) electrons. The van der Waals surface area contributed by atoms with Crippen LogP contribution in [0.2, 0.25) is 0 Å². The van der Waals surface area contributed by atoms with Crippen molar-refractivity contribution in [2.75, 3.05) is 12.5 Å². The van der Waals surface area contributed by atoms with Gasteiger partial charge in [-0.3, -0.25) is 24.5 Å². The maximum Gasteiger partial charge on any atom is 0.433 e. The summed E-state index contributed by atoms with van der Waals surface area (Å²) in [6.45, 7) is 0.383. The number of fused-ring (bicyclic) bond motifs is 1. The molecule has 4 aromatic rings. The van der Waals surface area contributed by atoms with Gasteiger partial charge in [0.1, 0.15) is 16.4 Å². The van der Waals surface area contributed by atoms with Crippen LogP contribution in [0, 0.1) is 10.1 Å². The molecule has 3 aromatic heterocycles. The Labute approximate surface area is 197 Å². The zero-order valence-electron chi connectivity index (χ0n) is 18.8. The molecule has 0 aliphatic heterocycles. The smallest absolute Gasteiger partial charge is 0.433 e. The first-order chi connectivity index (χ1) is 16.9. The van der Waals surface area contributed by atoms with Crippen LogP contribution in [0.1, 0.15) is 11.3 Å². The number of H-pyrrole nitrogens is 1. The van der Waals surface area contributed by atoms with Gasteiger partial charge in [-0.05, 0) is 42.3 Å². The van der Waals surface area contributed by atoms with Crippen LogP contribution in [0.4, 0.5) is 11.8 Å². The fraction of sp³-hybridized carbons (Fsp3) is 0.182. The van der Waals surface area contributed by atoms with Gasteiger partial charge in [0, 0.05) is 19.8 Å². The number of anilines is 1. The molecular formula is C22H21N7O6. The highest BCUT2D eigenvalue weighted by Crippen LogP contribution is 2.18. The van der Waals surface area contributed by atoms with E-state index in [4.69, 9.17) is 9.15 Å². The van der Waals surface area contributed by atoms with Gasteiger partial charge < -0.3 is 13.7 Å². The molecule has 0 aliphatic rings. The Bertz CT molecular complexity index is 1540. The Morgan fingerprint density at radius 1 is 1.26 bits per heavy atom. The van der Waals surface area contributed by atoms with Crippen molar-refractivity contribution >= 4 is 35.3 Å². The van der Waals surface area contributed by atoms with E-state index in [2.05, 4.69) is 20.5 Å². The molecule has 180 valence electrons. The van der Waals surface area contributed by atoms with E-state index in [1.54, 1.807) is 11.7 Å². The summed E-state index contributed by atoms with van der Waals surface area (Å²) < 4.78 is 13.1. The Hall–Kier alpha value is -4.94. The van der Waals surface area contributed by atoms with E-state index >= 15 is 0 Å². The summed E-state index contributed by atoms with van der Waals surface area (Å²) in [4.78, 5) is 41.4. The van der Waals surface area contributed by atoms with Crippen LogP contribution >= 0.6 is 0 Å². The maximum atomic E-state index is 12.6. The second-order valence-corrected chi connectivity index (χ2v) is 7.36. The quantitative estimate of drug-likeness (QED) is 0.210. The minimum Gasteiger partial charge on any atom is -0.497 e. The third-order valence-electron chi connectivity index (χ3n) is 5.17. The van der Waals surface area contributed by atoms with Gasteiger partial charge in [-0.2, -0.15) is 10.1 Å². The fourth-order valence-electron chi connectivity index (χ4n) is 3.38. The first-order valence-corrected chi connectivity index (χ1v) is 10.4. The summed E-state index contributed by atoms with van der Waals surface area (Å²) in [6.07, 6.45) is 4.99. The number of hydrogen-bond acceptors (Lipinski definition) is 9. The van der Waals surface area contributed by atoms with Gasteiger partial charge >= 0.3 is 11.6 Å². The first kappa shape index (κ1) is 23.2. The van der Waals surface area contributed by atoms with E-state index < -0.39 is 16.2 Å². The number of methoxy groups -OCH3 is 1. The van der Waals surface area contributed by atoms with Crippen molar-refractivity contribution in [1.29, 1.82) is 0 Å². The molecule has 1 aromatic carbocycles. The number of ether oxygens (including phenoxy) is 1. The van der Waals surface area contributed by atoms with E-state index in [0.29, 0.717) is 13.0 Å². The number of nitro groups is 1. The number of aromatic nitrogens is 4. The van der Waals surface area contributed by atoms with Crippen LogP contribution in [0.5, 0.6) is 5.75 Å². The molecule has 3 heterocycles. The molecular weight excluding hydrogens is 458 g/mol. The van der Waals surface area contributed by atoms with E-state index in [1.807, 2.05) is 24.3 Å². The van der Waals surface area contributed by atoms with Crippen molar-refractivity contribution < 1.29 is 14.1 Å². The van der Waals surface area contributed by atoms with Crippen molar-refractivity contribution in [3.05, 3.63) is 84.8 Å². The lowest BCUT2D eigenvalue weighted by atomic mass is 10.1. The van der Waals surface area contributed by atoms with Crippen LogP contribution in [-0.2, 0) is 20.0 Å². The van der Waals surface area contributed by atoms with Crippen LogP contribution in [-0.4, -0.2) is 37.3 Å². The molecule has 13 heteroatoms. The topological polar surface area (TPSA) is 163 Å². The largest absolute Gasteiger partial charge is 0.497 e. The number of hydrogen-bond donors (Lipinski definition) is 2. The molecule has 0 bridgehead atoms. The third kappa shape index (κ3) is 5.03. The number of rotatable bonds is 9. The molecule has 0 unspecified atom stereocenters. The number of hydrazone groups is 1. The zero-order chi connectivity index (χ0) is 24.9. The van der Waals surface area contributed by atoms with Gasteiger partial charge in [0.2, 0.25) is 5.95 Å². The molecule has 0 amide bonds. The molecule has 4 rings (SSSR count). The van der Waals surface area contributed by atoms with Crippen molar-refractivity contribution in [2.24, 2.45) is 12.1 Å². The van der Waals surface area contributed by atoms with Crippen LogP contribution in [0.15, 0.2) is 61.6 Å². The molecule has 0 saturated carbocycles. The van der Waals surface area contributed by atoms with Gasteiger partial charge in [-0.15, -0.1) is 0 Å². The highest BCUT2D eigenvalue weighted by Gasteiger charge is 2.17. The normalized spacial score (nSPS) is 11.6. The van der Waals surface area contributed by atoms with E-state index in [-0.39, 0.29) is 28.8 Å². The summed E-state index contributed by atoms with van der Waals surface area (Å²) in [7, 11) is 3.11. The summed E-state index contributed by atoms with van der Waals surface area (Å²) in [5.74, 6) is 0.929. The molecule has 0 spiro atoms. The van der Waals surface area contributed by atoms with Gasteiger partial charge in [-0.1, -0.05) is 12.1 Å². The maximum absolute atomic E-state index is 12.6. The van der Waals surface area contributed by atoms with E-state index in [9.17, 15) is 19.7 Å². The lowest BCUT2D eigenvalue weighted by Gasteiger charge is -2.09. The van der Waals surface area contributed by atoms with Gasteiger partial charge in [0.15, 0.2) is 11.2 Å².